The zero-order valence-corrected chi connectivity index (χ0v) is 8.59. The van der Waals surface area contributed by atoms with Crippen molar-refractivity contribution in [2.75, 3.05) is 19.7 Å². The summed E-state index contributed by atoms with van der Waals surface area (Å²) in [7, 11) is 0. The van der Waals surface area contributed by atoms with Crippen LogP contribution in [0.2, 0.25) is 0 Å². The first-order chi connectivity index (χ1) is 7.17. The zero-order valence-electron chi connectivity index (χ0n) is 8.59. The lowest BCUT2D eigenvalue weighted by molar-refractivity contribution is -0.131. The molecule has 0 unspecified atom stereocenters. The number of carbonyl (C=O) groups excluding carboxylic acids is 1. The van der Waals surface area contributed by atoms with Gasteiger partial charge in [-0.05, 0) is 18.8 Å². The van der Waals surface area contributed by atoms with Gasteiger partial charge in [0.15, 0.2) is 0 Å². The number of oxime groups is 1. The van der Waals surface area contributed by atoms with Crippen molar-refractivity contribution < 1.29 is 15.1 Å². The van der Waals surface area contributed by atoms with E-state index >= 15 is 0 Å². The third-order valence-corrected chi connectivity index (χ3v) is 2.69. The number of nitrogens with two attached hydrogens (primary N) is 1. The average Bonchev–Trinajstić information content (AvgIpc) is 2.29. The van der Waals surface area contributed by atoms with Gasteiger partial charge in [0.25, 0.3) is 0 Å². The molecular formula is C9H17N3O3. The molecule has 0 aliphatic carbocycles. The predicted molar refractivity (Wildman–Crippen MR) is 54.4 cm³/mol. The molecular weight excluding hydrogens is 198 g/mol. The minimum Gasteiger partial charge on any atom is -0.409 e. The number of aliphatic hydroxyl groups is 1. The second-order valence-corrected chi connectivity index (χ2v) is 3.77. The van der Waals surface area contributed by atoms with Gasteiger partial charge in [-0.25, -0.2) is 0 Å². The van der Waals surface area contributed by atoms with E-state index in [1.54, 1.807) is 4.90 Å². The Morgan fingerprint density at radius 3 is 2.53 bits per heavy atom. The topological polar surface area (TPSA) is 99.2 Å². The van der Waals surface area contributed by atoms with Crippen LogP contribution in [-0.4, -0.2) is 46.7 Å². The van der Waals surface area contributed by atoms with E-state index in [9.17, 15) is 4.79 Å². The van der Waals surface area contributed by atoms with Gasteiger partial charge in [0, 0.05) is 19.7 Å². The van der Waals surface area contributed by atoms with Gasteiger partial charge in [-0.2, -0.15) is 0 Å². The van der Waals surface area contributed by atoms with Crippen LogP contribution in [0.1, 0.15) is 19.3 Å². The zero-order chi connectivity index (χ0) is 11.3. The van der Waals surface area contributed by atoms with E-state index in [1.165, 1.54) is 0 Å². The van der Waals surface area contributed by atoms with Gasteiger partial charge in [-0.15, -0.1) is 0 Å². The fourth-order valence-electron chi connectivity index (χ4n) is 1.67. The molecule has 1 amide bonds. The molecule has 6 heteroatoms. The van der Waals surface area contributed by atoms with Crippen molar-refractivity contribution in [2.24, 2.45) is 16.8 Å². The lowest BCUT2D eigenvalue weighted by Gasteiger charge is -2.31. The monoisotopic (exact) mass is 215 g/mol. The van der Waals surface area contributed by atoms with Crippen molar-refractivity contribution in [1.82, 2.24) is 4.90 Å². The molecule has 0 aromatic heterocycles. The number of rotatable bonds is 3. The van der Waals surface area contributed by atoms with E-state index in [2.05, 4.69) is 5.16 Å². The van der Waals surface area contributed by atoms with Crippen molar-refractivity contribution in [3.8, 4) is 0 Å². The molecule has 0 aromatic rings. The minimum atomic E-state index is -0.123. The Balaban J connectivity index is 2.36. The van der Waals surface area contributed by atoms with Gasteiger partial charge >= 0.3 is 0 Å². The Bertz CT molecular complexity index is 247. The number of hydrogen-bond acceptors (Lipinski definition) is 4. The van der Waals surface area contributed by atoms with Crippen molar-refractivity contribution in [3.05, 3.63) is 0 Å². The van der Waals surface area contributed by atoms with Crippen molar-refractivity contribution in [3.63, 3.8) is 0 Å². The van der Waals surface area contributed by atoms with Crippen LogP contribution in [0, 0.1) is 5.92 Å². The van der Waals surface area contributed by atoms with Gasteiger partial charge in [0.2, 0.25) is 5.91 Å². The maximum absolute atomic E-state index is 11.6. The number of likely N-dealkylation sites (tertiary alicyclic amines) is 1. The highest BCUT2D eigenvalue weighted by molar-refractivity contribution is 5.98. The molecule has 6 nitrogen and oxygen atoms in total. The Labute approximate surface area is 88.4 Å². The van der Waals surface area contributed by atoms with E-state index in [0.717, 1.165) is 12.8 Å². The van der Waals surface area contributed by atoms with E-state index in [-0.39, 0.29) is 24.8 Å². The fourth-order valence-corrected chi connectivity index (χ4v) is 1.67. The largest absolute Gasteiger partial charge is 0.409 e. The summed E-state index contributed by atoms with van der Waals surface area (Å²) >= 11 is 0. The summed E-state index contributed by atoms with van der Waals surface area (Å²) in [5.74, 6) is 0.115. The minimum absolute atomic E-state index is 0.0414. The van der Waals surface area contributed by atoms with Crippen LogP contribution >= 0.6 is 0 Å². The molecule has 1 heterocycles. The molecule has 0 aromatic carbocycles. The SMILES string of the molecule is N/C(CC(=O)N1CCC(CO)CC1)=N\O. The van der Waals surface area contributed by atoms with Crippen molar-refractivity contribution >= 4 is 11.7 Å². The molecule has 1 saturated heterocycles. The summed E-state index contributed by atoms with van der Waals surface area (Å²) in [4.78, 5) is 13.2. The maximum atomic E-state index is 11.6. The van der Waals surface area contributed by atoms with Crippen molar-refractivity contribution in [1.29, 1.82) is 0 Å². The summed E-state index contributed by atoms with van der Waals surface area (Å²) < 4.78 is 0. The van der Waals surface area contributed by atoms with E-state index in [4.69, 9.17) is 16.0 Å². The molecule has 86 valence electrons. The second-order valence-electron chi connectivity index (χ2n) is 3.77. The first-order valence-electron chi connectivity index (χ1n) is 5.02. The fraction of sp³-hybridized carbons (Fsp3) is 0.778. The molecule has 1 fully saturated rings. The number of nitrogens with zero attached hydrogens (tertiary/aromatic N) is 2. The molecule has 0 spiro atoms. The molecule has 15 heavy (non-hydrogen) atoms. The second kappa shape index (κ2) is 5.55. The number of piperidine rings is 1. The van der Waals surface area contributed by atoms with Gasteiger partial charge in [-0.1, -0.05) is 5.16 Å². The third kappa shape index (κ3) is 3.39. The summed E-state index contributed by atoms with van der Waals surface area (Å²) in [5.41, 5.74) is 5.25. The number of hydrogen-bond donors (Lipinski definition) is 3. The van der Waals surface area contributed by atoms with Crippen LogP contribution in [0.15, 0.2) is 5.16 Å². The van der Waals surface area contributed by atoms with E-state index < -0.39 is 0 Å². The smallest absolute Gasteiger partial charge is 0.230 e. The Morgan fingerprint density at radius 2 is 2.07 bits per heavy atom. The van der Waals surface area contributed by atoms with E-state index in [0.29, 0.717) is 19.0 Å². The van der Waals surface area contributed by atoms with Gasteiger partial charge in [-0.3, -0.25) is 4.79 Å². The number of carbonyl (C=O) groups is 1. The number of aliphatic hydroxyl groups excluding tert-OH is 1. The average molecular weight is 215 g/mol. The summed E-state index contributed by atoms with van der Waals surface area (Å²) in [6.45, 7) is 1.47. The number of amides is 1. The van der Waals surface area contributed by atoms with Crippen LogP contribution in [0.5, 0.6) is 0 Å². The van der Waals surface area contributed by atoms with Crippen LogP contribution < -0.4 is 5.73 Å². The van der Waals surface area contributed by atoms with Crippen LogP contribution in [0.3, 0.4) is 0 Å². The normalized spacial score (nSPS) is 19.3. The lowest BCUT2D eigenvalue weighted by Crippen LogP contribution is -2.40. The highest BCUT2D eigenvalue weighted by Gasteiger charge is 2.22. The highest BCUT2D eigenvalue weighted by Crippen LogP contribution is 2.16. The molecule has 0 bridgehead atoms. The number of amidine groups is 1. The Kier molecular flexibility index (Phi) is 4.36. The Morgan fingerprint density at radius 1 is 1.47 bits per heavy atom. The van der Waals surface area contributed by atoms with E-state index in [1.807, 2.05) is 0 Å². The standard InChI is InChI=1S/C9H17N3O3/c10-8(11-15)5-9(14)12-3-1-7(6-13)2-4-12/h7,13,15H,1-6H2,(H2,10,11). The maximum Gasteiger partial charge on any atom is 0.230 e. The quantitative estimate of drug-likeness (QED) is 0.252. The first-order valence-corrected chi connectivity index (χ1v) is 5.02. The molecule has 0 saturated carbocycles. The molecule has 1 rings (SSSR count). The third-order valence-electron chi connectivity index (χ3n) is 2.69. The lowest BCUT2D eigenvalue weighted by atomic mass is 9.98. The molecule has 1 aliphatic rings. The summed E-state index contributed by atoms with van der Waals surface area (Å²) in [6.07, 6.45) is 1.59. The van der Waals surface area contributed by atoms with Crippen molar-refractivity contribution in [2.45, 2.75) is 19.3 Å². The molecule has 0 atom stereocenters. The van der Waals surface area contributed by atoms with Gasteiger partial charge < -0.3 is 20.9 Å². The van der Waals surface area contributed by atoms with Crippen LogP contribution in [-0.2, 0) is 4.79 Å². The van der Waals surface area contributed by atoms with Crippen LogP contribution in [0.25, 0.3) is 0 Å². The van der Waals surface area contributed by atoms with Gasteiger partial charge in [0.1, 0.15) is 5.84 Å². The Hall–Kier alpha value is -1.30. The predicted octanol–water partition coefficient (Wildman–Crippen LogP) is -0.646. The molecule has 1 aliphatic heterocycles. The first kappa shape index (κ1) is 11.8. The summed E-state index contributed by atoms with van der Waals surface area (Å²) in [6, 6.07) is 0. The molecule has 0 radical (unpaired) electrons. The van der Waals surface area contributed by atoms with Crippen LogP contribution in [0.4, 0.5) is 0 Å². The van der Waals surface area contributed by atoms with Gasteiger partial charge in [0.05, 0.1) is 6.42 Å². The molecule has 4 N–H and O–H groups in total. The highest BCUT2D eigenvalue weighted by atomic mass is 16.4. The summed E-state index contributed by atoms with van der Waals surface area (Å²) in [5, 5.41) is 20.0.